The van der Waals surface area contributed by atoms with E-state index in [0.29, 0.717) is 6.54 Å². The maximum absolute atomic E-state index is 5.19. The Morgan fingerprint density at radius 2 is 2.21 bits per heavy atom. The molecule has 0 bridgehead atoms. The Labute approximate surface area is 112 Å². The van der Waals surface area contributed by atoms with Crippen LogP contribution in [0.3, 0.4) is 0 Å². The van der Waals surface area contributed by atoms with E-state index >= 15 is 0 Å². The molecule has 0 unspecified atom stereocenters. The minimum atomic E-state index is 0.715. The van der Waals surface area contributed by atoms with Crippen LogP contribution in [-0.4, -0.2) is 16.3 Å². The van der Waals surface area contributed by atoms with Gasteiger partial charge < -0.3 is 14.4 Å². The summed E-state index contributed by atoms with van der Waals surface area (Å²) in [5.74, 6) is 0.871. The minimum absolute atomic E-state index is 0.715. The van der Waals surface area contributed by atoms with E-state index < -0.39 is 0 Å². The molecule has 3 aromatic rings. The Kier molecular flexibility index (Phi) is 3.33. The van der Waals surface area contributed by atoms with Crippen molar-refractivity contribution in [1.82, 2.24) is 15.0 Å². The first-order valence-electron chi connectivity index (χ1n) is 6.55. The second-order valence-corrected chi connectivity index (χ2v) is 4.56. The number of fused-ring (bicyclic) bond motifs is 1. The van der Waals surface area contributed by atoms with Gasteiger partial charge in [0.2, 0.25) is 0 Å². The van der Waals surface area contributed by atoms with Gasteiger partial charge in [-0.25, -0.2) is 0 Å². The third kappa shape index (κ3) is 2.39. The number of nitrogens with zero attached hydrogens (tertiary/aromatic N) is 2. The number of rotatable bonds is 5. The van der Waals surface area contributed by atoms with E-state index in [0.717, 1.165) is 18.8 Å². The van der Waals surface area contributed by atoms with Crippen molar-refractivity contribution in [1.29, 1.82) is 0 Å². The van der Waals surface area contributed by atoms with Crippen molar-refractivity contribution < 1.29 is 4.52 Å². The van der Waals surface area contributed by atoms with Crippen LogP contribution in [0, 0.1) is 0 Å². The Morgan fingerprint density at radius 3 is 3.00 bits per heavy atom. The van der Waals surface area contributed by atoms with E-state index in [4.69, 9.17) is 4.52 Å². The molecular weight excluding hydrogens is 238 g/mol. The molecule has 0 saturated heterocycles. The summed E-state index contributed by atoms with van der Waals surface area (Å²) in [6.07, 6.45) is 3.78. The van der Waals surface area contributed by atoms with Crippen LogP contribution in [0.1, 0.15) is 18.2 Å². The molecule has 2 aromatic heterocycles. The summed E-state index contributed by atoms with van der Waals surface area (Å²) in [6, 6.07) is 10.5. The van der Waals surface area contributed by atoms with Gasteiger partial charge in [0.1, 0.15) is 0 Å². The number of hydrogen-bond donors (Lipinski definition) is 1. The van der Waals surface area contributed by atoms with Gasteiger partial charge in [-0.3, -0.25) is 0 Å². The van der Waals surface area contributed by atoms with E-state index in [9.17, 15) is 0 Å². The predicted octanol–water partition coefficient (Wildman–Crippen LogP) is 2.79. The minimum Gasteiger partial charge on any atom is -0.359 e. The molecule has 4 nitrogen and oxygen atoms in total. The summed E-state index contributed by atoms with van der Waals surface area (Å²) < 4.78 is 7.40. The molecule has 4 heteroatoms. The van der Waals surface area contributed by atoms with E-state index in [1.807, 2.05) is 6.07 Å². The lowest BCUT2D eigenvalue weighted by molar-refractivity contribution is 0.377. The van der Waals surface area contributed by atoms with Gasteiger partial charge in [-0.1, -0.05) is 30.3 Å². The highest BCUT2D eigenvalue weighted by molar-refractivity contribution is 5.83. The quantitative estimate of drug-likeness (QED) is 0.762. The van der Waals surface area contributed by atoms with Crippen LogP contribution >= 0.6 is 0 Å². The normalized spacial score (nSPS) is 11.2. The fourth-order valence-electron chi connectivity index (χ4n) is 2.37. The number of benzene rings is 1. The van der Waals surface area contributed by atoms with Crippen LogP contribution in [0.2, 0.25) is 0 Å². The SMILES string of the molecule is CCNCc1cccc2ccn(Cc3ccno3)c12. The lowest BCUT2D eigenvalue weighted by Crippen LogP contribution is -2.13. The van der Waals surface area contributed by atoms with Crippen molar-refractivity contribution >= 4 is 10.9 Å². The third-order valence-electron chi connectivity index (χ3n) is 3.25. The first-order valence-corrected chi connectivity index (χ1v) is 6.55. The Bertz CT molecular complexity index is 655. The molecule has 0 spiro atoms. The van der Waals surface area contributed by atoms with Crippen LogP contribution in [0.4, 0.5) is 0 Å². The van der Waals surface area contributed by atoms with Crippen molar-refractivity contribution in [2.75, 3.05) is 6.54 Å². The van der Waals surface area contributed by atoms with Crippen LogP contribution in [-0.2, 0) is 13.1 Å². The molecule has 0 radical (unpaired) electrons. The van der Waals surface area contributed by atoms with Gasteiger partial charge in [0.15, 0.2) is 5.76 Å². The summed E-state index contributed by atoms with van der Waals surface area (Å²) in [7, 11) is 0. The van der Waals surface area contributed by atoms with E-state index in [-0.39, 0.29) is 0 Å². The van der Waals surface area contributed by atoms with Crippen molar-refractivity contribution in [3.05, 3.63) is 54.0 Å². The Hall–Kier alpha value is -2.07. The van der Waals surface area contributed by atoms with Gasteiger partial charge in [-0.2, -0.15) is 0 Å². The largest absolute Gasteiger partial charge is 0.359 e. The molecule has 98 valence electrons. The summed E-state index contributed by atoms with van der Waals surface area (Å²) in [5.41, 5.74) is 2.57. The molecule has 0 aliphatic carbocycles. The topological polar surface area (TPSA) is 43.0 Å². The zero-order valence-corrected chi connectivity index (χ0v) is 11.0. The molecule has 1 N–H and O–H groups in total. The highest BCUT2D eigenvalue weighted by atomic mass is 16.5. The van der Waals surface area contributed by atoms with Crippen LogP contribution < -0.4 is 5.32 Å². The summed E-state index contributed by atoms with van der Waals surface area (Å²) in [4.78, 5) is 0. The van der Waals surface area contributed by atoms with Gasteiger partial charge in [0.25, 0.3) is 0 Å². The average Bonchev–Trinajstić information content (AvgIpc) is 3.07. The second kappa shape index (κ2) is 5.28. The molecular formula is C15H17N3O. The molecule has 3 rings (SSSR count). The first-order chi connectivity index (χ1) is 9.38. The summed E-state index contributed by atoms with van der Waals surface area (Å²) >= 11 is 0. The molecule has 0 fully saturated rings. The summed E-state index contributed by atoms with van der Waals surface area (Å²) in [5, 5.41) is 8.40. The van der Waals surface area contributed by atoms with Crippen LogP contribution in [0.5, 0.6) is 0 Å². The number of para-hydroxylation sites is 1. The maximum Gasteiger partial charge on any atom is 0.156 e. The predicted molar refractivity (Wildman–Crippen MR) is 74.9 cm³/mol. The fraction of sp³-hybridized carbons (Fsp3) is 0.267. The monoisotopic (exact) mass is 255 g/mol. The lowest BCUT2D eigenvalue weighted by atomic mass is 10.1. The second-order valence-electron chi connectivity index (χ2n) is 4.56. The highest BCUT2D eigenvalue weighted by Gasteiger charge is 2.08. The van der Waals surface area contributed by atoms with Crippen LogP contribution in [0.25, 0.3) is 10.9 Å². The van der Waals surface area contributed by atoms with E-state index in [2.05, 4.69) is 52.4 Å². The smallest absolute Gasteiger partial charge is 0.156 e. The molecule has 0 aliphatic heterocycles. The molecule has 0 atom stereocenters. The zero-order chi connectivity index (χ0) is 13.1. The van der Waals surface area contributed by atoms with E-state index in [1.165, 1.54) is 16.5 Å². The zero-order valence-electron chi connectivity index (χ0n) is 11.0. The maximum atomic E-state index is 5.19. The molecule has 19 heavy (non-hydrogen) atoms. The fourth-order valence-corrected chi connectivity index (χ4v) is 2.37. The Balaban J connectivity index is 1.99. The highest BCUT2D eigenvalue weighted by Crippen LogP contribution is 2.21. The molecule has 2 heterocycles. The van der Waals surface area contributed by atoms with Crippen molar-refractivity contribution in [2.24, 2.45) is 0 Å². The third-order valence-corrected chi connectivity index (χ3v) is 3.25. The van der Waals surface area contributed by atoms with Crippen molar-refractivity contribution in [3.8, 4) is 0 Å². The molecule has 0 amide bonds. The standard InChI is InChI=1S/C15H17N3O/c1-2-16-10-13-5-3-4-12-7-9-18(15(12)13)11-14-6-8-17-19-14/h3-9,16H,2,10-11H2,1H3. The molecule has 0 aliphatic rings. The van der Waals surface area contributed by atoms with E-state index in [1.54, 1.807) is 6.20 Å². The number of aromatic nitrogens is 2. The van der Waals surface area contributed by atoms with Gasteiger partial charge in [0, 0.05) is 18.8 Å². The first kappa shape index (κ1) is 12.0. The average molecular weight is 255 g/mol. The molecule has 1 aromatic carbocycles. The molecule has 0 saturated carbocycles. The number of hydrogen-bond acceptors (Lipinski definition) is 3. The lowest BCUT2D eigenvalue weighted by Gasteiger charge is -2.09. The van der Waals surface area contributed by atoms with Crippen molar-refractivity contribution in [3.63, 3.8) is 0 Å². The van der Waals surface area contributed by atoms with Gasteiger partial charge >= 0.3 is 0 Å². The Morgan fingerprint density at radius 1 is 1.26 bits per heavy atom. The van der Waals surface area contributed by atoms with Gasteiger partial charge in [0.05, 0.1) is 18.3 Å². The van der Waals surface area contributed by atoms with Crippen LogP contribution in [0.15, 0.2) is 47.2 Å². The van der Waals surface area contributed by atoms with Gasteiger partial charge in [-0.05, 0) is 23.6 Å². The van der Waals surface area contributed by atoms with Gasteiger partial charge in [-0.15, -0.1) is 0 Å². The summed E-state index contributed by atoms with van der Waals surface area (Å²) in [6.45, 7) is 4.69. The number of nitrogens with one attached hydrogen (secondary N) is 1. The van der Waals surface area contributed by atoms with Crippen molar-refractivity contribution in [2.45, 2.75) is 20.0 Å².